The smallest absolute Gasteiger partial charge is 0.255 e. The predicted octanol–water partition coefficient (Wildman–Crippen LogP) is 0.835. The maximum atomic E-state index is 12.7. The van der Waals surface area contributed by atoms with Gasteiger partial charge in [-0.2, -0.15) is 5.10 Å². The van der Waals surface area contributed by atoms with Gasteiger partial charge in [-0.3, -0.25) is 4.79 Å². The fraction of sp³-hybridized carbons (Fsp3) is 0.400. The van der Waals surface area contributed by atoms with Gasteiger partial charge in [0.05, 0.1) is 23.6 Å². The van der Waals surface area contributed by atoms with Crippen molar-refractivity contribution in [2.24, 2.45) is 5.14 Å². The number of methoxy groups -OCH3 is 1. The molecule has 2 rings (SSSR count). The first kappa shape index (κ1) is 18.9. The molecule has 0 saturated carbocycles. The number of amides is 1. The van der Waals surface area contributed by atoms with E-state index in [2.05, 4.69) is 15.4 Å². The normalized spacial score (nSPS) is 12.6. The highest BCUT2D eigenvalue weighted by molar-refractivity contribution is 7.89. The van der Waals surface area contributed by atoms with E-state index in [-0.39, 0.29) is 22.3 Å². The summed E-state index contributed by atoms with van der Waals surface area (Å²) in [5.41, 5.74) is 0.0787. The third-order valence-electron chi connectivity index (χ3n) is 3.71. The van der Waals surface area contributed by atoms with Gasteiger partial charge in [-0.05, 0) is 31.5 Å². The van der Waals surface area contributed by atoms with Gasteiger partial charge in [-0.15, -0.1) is 0 Å². The molecule has 1 atom stereocenters. The molecule has 0 spiro atoms. The van der Waals surface area contributed by atoms with Crippen molar-refractivity contribution in [2.45, 2.75) is 37.8 Å². The van der Waals surface area contributed by atoms with Gasteiger partial charge in [0.2, 0.25) is 10.0 Å². The van der Waals surface area contributed by atoms with Crippen LogP contribution in [-0.2, 0) is 16.6 Å². The van der Waals surface area contributed by atoms with E-state index in [1.54, 1.807) is 4.68 Å². The number of nitrogens with zero attached hydrogens (tertiary/aromatic N) is 3. The molecule has 0 aliphatic heterocycles. The largest absolute Gasteiger partial charge is 0.496 e. The quantitative estimate of drug-likeness (QED) is 0.746. The third kappa shape index (κ3) is 4.15. The van der Waals surface area contributed by atoms with Gasteiger partial charge in [0.15, 0.2) is 0 Å². The maximum absolute atomic E-state index is 12.7. The summed E-state index contributed by atoms with van der Waals surface area (Å²) < 4.78 is 29.9. The Morgan fingerprint density at radius 1 is 1.40 bits per heavy atom. The van der Waals surface area contributed by atoms with Gasteiger partial charge < -0.3 is 10.1 Å². The molecule has 1 aromatic carbocycles. The molecule has 0 saturated heterocycles. The van der Waals surface area contributed by atoms with Crippen LogP contribution in [0.3, 0.4) is 0 Å². The van der Waals surface area contributed by atoms with Gasteiger partial charge >= 0.3 is 0 Å². The van der Waals surface area contributed by atoms with Crippen molar-refractivity contribution < 1.29 is 17.9 Å². The fourth-order valence-corrected chi connectivity index (χ4v) is 2.95. The monoisotopic (exact) mass is 367 g/mol. The van der Waals surface area contributed by atoms with Crippen LogP contribution in [0, 0.1) is 0 Å². The van der Waals surface area contributed by atoms with Crippen LogP contribution in [0.4, 0.5) is 0 Å². The lowest BCUT2D eigenvalue weighted by Gasteiger charge is -2.18. The van der Waals surface area contributed by atoms with Gasteiger partial charge in [0.1, 0.15) is 17.9 Å². The lowest BCUT2D eigenvalue weighted by Crippen LogP contribution is -2.31. The topological polar surface area (TPSA) is 129 Å². The highest BCUT2D eigenvalue weighted by Crippen LogP contribution is 2.23. The highest BCUT2D eigenvalue weighted by Gasteiger charge is 2.22. The Hall–Kier alpha value is -2.46. The number of carbonyl (C=O) groups excluding carboxylic acids is 1. The van der Waals surface area contributed by atoms with E-state index < -0.39 is 15.9 Å². The summed E-state index contributed by atoms with van der Waals surface area (Å²) in [4.78, 5) is 16.7. The van der Waals surface area contributed by atoms with Crippen molar-refractivity contribution in [1.82, 2.24) is 20.1 Å². The van der Waals surface area contributed by atoms with E-state index in [9.17, 15) is 13.2 Å². The molecule has 0 bridgehead atoms. The van der Waals surface area contributed by atoms with Crippen molar-refractivity contribution in [2.75, 3.05) is 7.11 Å². The maximum Gasteiger partial charge on any atom is 0.255 e. The van der Waals surface area contributed by atoms with Gasteiger partial charge in [-0.1, -0.05) is 6.92 Å². The predicted molar refractivity (Wildman–Crippen MR) is 90.6 cm³/mol. The van der Waals surface area contributed by atoms with E-state index in [1.165, 1.54) is 31.6 Å². The Bertz CT molecular complexity index is 863. The number of primary sulfonamides is 1. The summed E-state index contributed by atoms with van der Waals surface area (Å²) in [5, 5.41) is 12.1. The Morgan fingerprint density at radius 2 is 2.12 bits per heavy atom. The van der Waals surface area contributed by atoms with Gasteiger partial charge in [-0.25, -0.2) is 23.2 Å². The number of nitrogens with two attached hydrogens (primary N) is 1. The van der Waals surface area contributed by atoms with Crippen molar-refractivity contribution in [3.05, 3.63) is 35.9 Å². The fourth-order valence-electron chi connectivity index (χ4n) is 2.41. The van der Waals surface area contributed by atoms with Gasteiger partial charge in [0.25, 0.3) is 5.91 Å². The van der Waals surface area contributed by atoms with Gasteiger partial charge in [0, 0.05) is 6.54 Å². The Labute approximate surface area is 146 Å². The number of aryl methyl sites for hydroxylation is 1. The molecule has 25 heavy (non-hydrogen) atoms. The lowest BCUT2D eigenvalue weighted by molar-refractivity contribution is 0.0929. The third-order valence-corrected chi connectivity index (χ3v) is 4.63. The molecule has 0 aliphatic carbocycles. The van der Waals surface area contributed by atoms with Crippen LogP contribution in [0.25, 0.3) is 0 Å². The van der Waals surface area contributed by atoms with E-state index in [1.807, 2.05) is 13.8 Å². The molecule has 1 amide bonds. The molecule has 2 aromatic rings. The van der Waals surface area contributed by atoms with Crippen LogP contribution < -0.4 is 15.2 Å². The number of aromatic nitrogens is 3. The SMILES string of the molecule is CC[C@@H](NC(=O)c1cc(S(N)(=O)=O)ccc1OC)c1ncnn1CC. The number of rotatable bonds is 7. The zero-order valence-corrected chi connectivity index (χ0v) is 15.1. The number of hydrogen-bond donors (Lipinski definition) is 2. The van der Waals surface area contributed by atoms with Crippen molar-refractivity contribution in [1.29, 1.82) is 0 Å². The molecule has 1 aromatic heterocycles. The summed E-state index contributed by atoms with van der Waals surface area (Å²) in [6.07, 6.45) is 2.01. The molecule has 0 aliphatic rings. The minimum atomic E-state index is -3.93. The van der Waals surface area contributed by atoms with Crippen LogP contribution in [0.15, 0.2) is 29.4 Å². The zero-order chi connectivity index (χ0) is 18.6. The van der Waals surface area contributed by atoms with E-state index in [0.29, 0.717) is 18.8 Å². The van der Waals surface area contributed by atoms with Crippen LogP contribution in [-0.4, -0.2) is 36.2 Å². The molecule has 9 nitrogen and oxygen atoms in total. The van der Waals surface area contributed by atoms with Crippen LogP contribution in [0.5, 0.6) is 5.75 Å². The van der Waals surface area contributed by atoms with Crippen LogP contribution in [0.1, 0.15) is 42.5 Å². The Kier molecular flexibility index (Phi) is 5.75. The van der Waals surface area contributed by atoms with Crippen LogP contribution in [0.2, 0.25) is 0 Å². The first-order chi connectivity index (χ1) is 11.8. The number of carbonyl (C=O) groups is 1. The molecular formula is C15H21N5O4S. The summed E-state index contributed by atoms with van der Waals surface area (Å²) in [6, 6.07) is 3.50. The van der Waals surface area contributed by atoms with Crippen molar-refractivity contribution in [3.63, 3.8) is 0 Å². The van der Waals surface area contributed by atoms with E-state index >= 15 is 0 Å². The molecule has 136 valence electrons. The van der Waals surface area contributed by atoms with Crippen molar-refractivity contribution in [3.8, 4) is 5.75 Å². The van der Waals surface area contributed by atoms with Crippen molar-refractivity contribution >= 4 is 15.9 Å². The van der Waals surface area contributed by atoms with Crippen LogP contribution >= 0.6 is 0 Å². The Morgan fingerprint density at radius 3 is 2.68 bits per heavy atom. The molecule has 0 fully saturated rings. The number of ether oxygens (including phenoxy) is 1. The highest BCUT2D eigenvalue weighted by atomic mass is 32.2. The number of nitrogens with one attached hydrogen (secondary N) is 1. The molecule has 3 N–H and O–H groups in total. The average Bonchev–Trinajstić information content (AvgIpc) is 3.06. The standard InChI is InChI=1S/C15H21N5O4S/c1-4-12(14-17-9-18-20(14)5-2)19-15(21)11-8-10(25(16,22)23)6-7-13(11)24-3/h6-9,12H,4-5H2,1-3H3,(H,19,21)(H2,16,22,23)/t12-/m1/s1. The second-order valence-electron chi connectivity index (χ2n) is 5.28. The summed E-state index contributed by atoms with van der Waals surface area (Å²) in [6.45, 7) is 4.44. The molecule has 0 unspecified atom stereocenters. The summed E-state index contributed by atoms with van der Waals surface area (Å²) in [7, 11) is -2.54. The summed E-state index contributed by atoms with van der Waals surface area (Å²) in [5.74, 6) is 0.386. The molecule has 0 radical (unpaired) electrons. The summed E-state index contributed by atoms with van der Waals surface area (Å²) >= 11 is 0. The minimum absolute atomic E-state index is 0.0787. The number of sulfonamides is 1. The molecule has 1 heterocycles. The zero-order valence-electron chi connectivity index (χ0n) is 14.3. The number of benzene rings is 1. The first-order valence-corrected chi connectivity index (χ1v) is 9.25. The second kappa shape index (κ2) is 7.62. The molecule has 10 heteroatoms. The Balaban J connectivity index is 2.36. The van der Waals surface area contributed by atoms with E-state index in [4.69, 9.17) is 9.88 Å². The first-order valence-electron chi connectivity index (χ1n) is 7.71. The van der Waals surface area contributed by atoms with E-state index in [0.717, 1.165) is 0 Å². The number of hydrogen-bond acceptors (Lipinski definition) is 6. The average molecular weight is 367 g/mol. The minimum Gasteiger partial charge on any atom is -0.496 e. The second-order valence-corrected chi connectivity index (χ2v) is 6.84. The lowest BCUT2D eigenvalue weighted by atomic mass is 10.1. The molecular weight excluding hydrogens is 346 g/mol.